The maximum Gasteiger partial charge on any atom is 0.147 e. The first-order valence-corrected chi connectivity index (χ1v) is 4.85. The van der Waals surface area contributed by atoms with Crippen molar-refractivity contribution in [3.05, 3.63) is 29.3 Å². The Hall–Kier alpha value is -1.34. The van der Waals surface area contributed by atoms with Crippen molar-refractivity contribution < 1.29 is 9.90 Å². The molecule has 1 N–H and O–H groups in total. The molecule has 0 fully saturated rings. The standard InChI is InChI=1S/C10H8BrNO2/c1-6(13)10(11)9-4-8(14)3-2-7(9)5-12/h2-4,10,14H,1H3. The summed E-state index contributed by atoms with van der Waals surface area (Å²) < 4.78 is 0. The molecule has 0 aliphatic rings. The number of phenols is 1. The number of Topliss-reactive ketones (excluding diaryl/α,β-unsaturated/α-hetero) is 1. The lowest BCUT2D eigenvalue weighted by Crippen LogP contribution is -2.03. The Morgan fingerprint density at radius 3 is 2.79 bits per heavy atom. The molecule has 1 rings (SSSR count). The molecule has 1 unspecified atom stereocenters. The Morgan fingerprint density at radius 2 is 2.29 bits per heavy atom. The topological polar surface area (TPSA) is 61.1 Å². The molecule has 0 amide bonds. The average Bonchev–Trinajstić information content (AvgIpc) is 2.16. The summed E-state index contributed by atoms with van der Waals surface area (Å²) in [6.07, 6.45) is 0. The number of alkyl halides is 1. The molecule has 0 aromatic heterocycles. The third-order valence-electron chi connectivity index (χ3n) is 1.79. The quantitative estimate of drug-likeness (QED) is 0.823. The molecule has 0 radical (unpaired) electrons. The second kappa shape index (κ2) is 4.25. The highest BCUT2D eigenvalue weighted by atomic mass is 79.9. The van der Waals surface area contributed by atoms with Crippen LogP contribution in [0.15, 0.2) is 18.2 Å². The van der Waals surface area contributed by atoms with E-state index in [0.29, 0.717) is 11.1 Å². The average molecular weight is 254 g/mol. The van der Waals surface area contributed by atoms with E-state index in [1.807, 2.05) is 6.07 Å². The summed E-state index contributed by atoms with van der Waals surface area (Å²) in [5.74, 6) is -0.0585. The Labute approximate surface area is 90.1 Å². The maximum atomic E-state index is 11.1. The first-order valence-electron chi connectivity index (χ1n) is 3.93. The minimum Gasteiger partial charge on any atom is -0.508 e. The minimum absolute atomic E-state index is 0.0460. The largest absolute Gasteiger partial charge is 0.508 e. The predicted octanol–water partition coefficient (Wildman–Crippen LogP) is 2.29. The van der Waals surface area contributed by atoms with Crippen molar-refractivity contribution in [1.82, 2.24) is 0 Å². The van der Waals surface area contributed by atoms with Gasteiger partial charge in [-0.2, -0.15) is 5.26 Å². The van der Waals surface area contributed by atoms with Crippen molar-refractivity contribution in [3.8, 4) is 11.8 Å². The summed E-state index contributed by atoms with van der Waals surface area (Å²) in [4.78, 5) is 10.5. The summed E-state index contributed by atoms with van der Waals surface area (Å²) in [6, 6.07) is 6.29. The molecular weight excluding hydrogens is 246 g/mol. The summed E-state index contributed by atoms with van der Waals surface area (Å²) >= 11 is 3.16. The number of benzene rings is 1. The number of nitrogens with zero attached hydrogens (tertiary/aromatic N) is 1. The molecule has 4 heteroatoms. The second-order valence-electron chi connectivity index (χ2n) is 2.86. The third-order valence-corrected chi connectivity index (χ3v) is 2.92. The van der Waals surface area contributed by atoms with E-state index < -0.39 is 4.83 Å². The summed E-state index contributed by atoms with van der Waals surface area (Å²) in [5.41, 5.74) is 0.889. The smallest absolute Gasteiger partial charge is 0.147 e. The zero-order chi connectivity index (χ0) is 10.7. The molecule has 3 nitrogen and oxygen atoms in total. The van der Waals surface area contributed by atoms with E-state index in [4.69, 9.17) is 5.26 Å². The number of carbonyl (C=O) groups is 1. The minimum atomic E-state index is -0.538. The fraction of sp³-hybridized carbons (Fsp3) is 0.200. The molecule has 72 valence electrons. The van der Waals surface area contributed by atoms with E-state index in [2.05, 4.69) is 15.9 Å². The molecule has 0 saturated carbocycles. The second-order valence-corrected chi connectivity index (χ2v) is 3.77. The molecule has 0 heterocycles. The van der Waals surface area contributed by atoms with Crippen LogP contribution in [-0.4, -0.2) is 10.9 Å². The number of nitriles is 1. The number of hydrogen-bond donors (Lipinski definition) is 1. The Balaban J connectivity index is 3.25. The highest BCUT2D eigenvalue weighted by Crippen LogP contribution is 2.29. The van der Waals surface area contributed by atoms with Crippen LogP contribution < -0.4 is 0 Å². The number of rotatable bonds is 2. The lowest BCUT2D eigenvalue weighted by atomic mass is 10.0. The van der Waals surface area contributed by atoms with E-state index in [1.165, 1.54) is 25.1 Å². The van der Waals surface area contributed by atoms with Gasteiger partial charge in [-0.05, 0) is 30.7 Å². The van der Waals surface area contributed by atoms with Gasteiger partial charge in [-0.3, -0.25) is 4.79 Å². The van der Waals surface area contributed by atoms with Crippen LogP contribution >= 0.6 is 15.9 Å². The van der Waals surface area contributed by atoms with E-state index in [1.54, 1.807) is 0 Å². The van der Waals surface area contributed by atoms with Crippen molar-refractivity contribution in [3.63, 3.8) is 0 Å². The monoisotopic (exact) mass is 253 g/mol. The van der Waals surface area contributed by atoms with Gasteiger partial charge in [-0.15, -0.1) is 0 Å². The molecule has 1 atom stereocenters. The van der Waals surface area contributed by atoms with E-state index in [9.17, 15) is 9.90 Å². The summed E-state index contributed by atoms with van der Waals surface area (Å²) in [7, 11) is 0. The van der Waals surface area contributed by atoms with Crippen LogP contribution in [0.5, 0.6) is 5.75 Å². The zero-order valence-electron chi connectivity index (χ0n) is 7.49. The molecule has 0 saturated heterocycles. The van der Waals surface area contributed by atoms with E-state index in [-0.39, 0.29) is 11.5 Å². The Bertz CT molecular complexity index is 409. The molecule has 1 aromatic rings. The molecule has 0 bridgehead atoms. The van der Waals surface area contributed by atoms with Crippen LogP contribution in [0.2, 0.25) is 0 Å². The van der Waals surface area contributed by atoms with Crippen molar-refractivity contribution in [1.29, 1.82) is 5.26 Å². The van der Waals surface area contributed by atoms with Crippen LogP contribution in [0.3, 0.4) is 0 Å². The first kappa shape index (κ1) is 10.7. The van der Waals surface area contributed by atoms with Gasteiger partial charge >= 0.3 is 0 Å². The highest BCUT2D eigenvalue weighted by molar-refractivity contribution is 9.09. The van der Waals surface area contributed by atoms with Gasteiger partial charge in [0.15, 0.2) is 0 Å². The van der Waals surface area contributed by atoms with Crippen molar-refractivity contribution in [2.45, 2.75) is 11.8 Å². The van der Waals surface area contributed by atoms with Crippen LogP contribution in [0.4, 0.5) is 0 Å². The number of halogens is 1. The molecule has 0 aliphatic carbocycles. The highest BCUT2D eigenvalue weighted by Gasteiger charge is 2.16. The van der Waals surface area contributed by atoms with Gasteiger partial charge in [-0.1, -0.05) is 15.9 Å². The van der Waals surface area contributed by atoms with Gasteiger partial charge in [0.1, 0.15) is 11.5 Å². The predicted molar refractivity (Wildman–Crippen MR) is 55.2 cm³/mol. The van der Waals surface area contributed by atoms with Gasteiger partial charge in [0.25, 0.3) is 0 Å². The Morgan fingerprint density at radius 1 is 1.64 bits per heavy atom. The number of aromatic hydroxyl groups is 1. The SMILES string of the molecule is CC(=O)C(Br)c1cc(O)ccc1C#N. The van der Waals surface area contributed by atoms with Crippen molar-refractivity contribution in [2.75, 3.05) is 0 Å². The van der Waals surface area contributed by atoms with Gasteiger partial charge in [-0.25, -0.2) is 0 Å². The van der Waals surface area contributed by atoms with Gasteiger partial charge in [0.05, 0.1) is 16.5 Å². The van der Waals surface area contributed by atoms with Crippen molar-refractivity contribution in [2.24, 2.45) is 0 Å². The molecule has 0 aliphatic heterocycles. The summed E-state index contributed by atoms with van der Waals surface area (Å²) in [6.45, 7) is 1.42. The number of hydrogen-bond acceptors (Lipinski definition) is 3. The van der Waals surface area contributed by atoms with Crippen LogP contribution in [0, 0.1) is 11.3 Å². The third kappa shape index (κ3) is 2.12. The van der Waals surface area contributed by atoms with Gasteiger partial charge in [0.2, 0.25) is 0 Å². The molecular formula is C10H8BrNO2. The fourth-order valence-corrected chi connectivity index (χ4v) is 1.46. The van der Waals surface area contributed by atoms with Crippen LogP contribution in [0.1, 0.15) is 22.9 Å². The maximum absolute atomic E-state index is 11.1. The number of phenolic OH excluding ortho intramolecular Hbond substituents is 1. The lowest BCUT2D eigenvalue weighted by molar-refractivity contribution is -0.116. The normalized spacial score (nSPS) is 11.8. The molecule has 1 aromatic carbocycles. The molecule has 14 heavy (non-hydrogen) atoms. The summed E-state index contributed by atoms with van der Waals surface area (Å²) in [5, 5.41) is 18.0. The Kier molecular flexibility index (Phi) is 3.26. The van der Waals surface area contributed by atoms with E-state index in [0.717, 1.165) is 0 Å². The zero-order valence-corrected chi connectivity index (χ0v) is 9.08. The van der Waals surface area contributed by atoms with Crippen LogP contribution in [-0.2, 0) is 4.79 Å². The van der Waals surface area contributed by atoms with Crippen LogP contribution in [0.25, 0.3) is 0 Å². The lowest BCUT2D eigenvalue weighted by Gasteiger charge is -2.08. The first-order chi connectivity index (χ1) is 6.56. The number of ketones is 1. The van der Waals surface area contributed by atoms with Gasteiger partial charge < -0.3 is 5.11 Å². The molecule has 0 spiro atoms. The van der Waals surface area contributed by atoms with E-state index >= 15 is 0 Å². The fourth-order valence-electron chi connectivity index (χ4n) is 1.08. The van der Waals surface area contributed by atoms with Gasteiger partial charge in [0, 0.05) is 0 Å². The van der Waals surface area contributed by atoms with Crippen molar-refractivity contribution >= 4 is 21.7 Å². The number of carbonyl (C=O) groups excluding carboxylic acids is 1.